The van der Waals surface area contributed by atoms with Crippen LogP contribution in [-0.4, -0.2) is 50.6 Å². The second-order valence-corrected chi connectivity index (χ2v) is 6.94. The Morgan fingerprint density at radius 3 is 2.70 bits per heavy atom. The molecule has 0 bridgehead atoms. The Balaban J connectivity index is 1.66. The molecule has 7 nitrogen and oxygen atoms in total. The number of nitrogens with zero attached hydrogens (tertiary/aromatic N) is 2. The quantitative estimate of drug-likeness (QED) is 0.346. The average Bonchev–Trinajstić information content (AvgIpc) is 3.17. The van der Waals surface area contributed by atoms with Crippen molar-refractivity contribution in [1.82, 2.24) is 20.9 Å². The van der Waals surface area contributed by atoms with Gasteiger partial charge >= 0.3 is 0 Å². The van der Waals surface area contributed by atoms with E-state index in [1.807, 2.05) is 12.3 Å². The van der Waals surface area contributed by atoms with Gasteiger partial charge in [-0.05, 0) is 24.6 Å². The summed E-state index contributed by atoms with van der Waals surface area (Å²) in [6.45, 7) is 3.95. The first kappa shape index (κ1) is 20.7. The first-order chi connectivity index (χ1) is 13.2. The molecule has 0 atom stereocenters. The van der Waals surface area contributed by atoms with E-state index in [1.165, 1.54) is 4.88 Å². The maximum atomic E-state index is 12.1. The van der Waals surface area contributed by atoms with Crippen molar-refractivity contribution in [3.8, 4) is 5.75 Å². The van der Waals surface area contributed by atoms with Crippen LogP contribution in [-0.2, 0) is 12.8 Å². The smallest absolute Gasteiger partial charge is 0.251 e. The first-order valence-corrected chi connectivity index (χ1v) is 9.78. The van der Waals surface area contributed by atoms with Gasteiger partial charge < -0.3 is 20.7 Å². The summed E-state index contributed by atoms with van der Waals surface area (Å²) in [5, 5.41) is 10.4. The third-order valence-electron chi connectivity index (χ3n) is 3.84. The number of rotatable bonds is 9. The number of carbonyl (C=O) groups excluding carboxylic acids is 1. The molecule has 0 saturated carbocycles. The van der Waals surface area contributed by atoms with E-state index in [0.29, 0.717) is 30.4 Å². The van der Waals surface area contributed by atoms with E-state index in [2.05, 4.69) is 32.9 Å². The topological polar surface area (TPSA) is 87.6 Å². The van der Waals surface area contributed by atoms with Crippen LogP contribution < -0.4 is 20.7 Å². The number of guanidine groups is 1. The van der Waals surface area contributed by atoms with E-state index in [4.69, 9.17) is 4.74 Å². The van der Waals surface area contributed by atoms with E-state index in [-0.39, 0.29) is 5.91 Å². The summed E-state index contributed by atoms with van der Waals surface area (Å²) in [6.07, 6.45) is 3.83. The summed E-state index contributed by atoms with van der Waals surface area (Å²) in [7, 11) is 3.31. The van der Waals surface area contributed by atoms with Gasteiger partial charge in [0.25, 0.3) is 5.91 Å². The van der Waals surface area contributed by atoms with Crippen LogP contribution in [0, 0.1) is 0 Å². The summed E-state index contributed by atoms with van der Waals surface area (Å²) >= 11 is 1.75. The predicted molar refractivity (Wildman–Crippen MR) is 110 cm³/mol. The molecule has 27 heavy (non-hydrogen) atoms. The Morgan fingerprint density at radius 2 is 2.00 bits per heavy atom. The van der Waals surface area contributed by atoms with Crippen LogP contribution in [0.3, 0.4) is 0 Å². The first-order valence-electron chi connectivity index (χ1n) is 8.96. The van der Waals surface area contributed by atoms with Crippen molar-refractivity contribution in [2.24, 2.45) is 4.99 Å². The Bertz CT molecular complexity index is 760. The summed E-state index contributed by atoms with van der Waals surface area (Å²) in [5.41, 5.74) is 0.576. The molecule has 0 unspecified atom stereocenters. The molecule has 0 aliphatic carbocycles. The lowest BCUT2D eigenvalue weighted by molar-refractivity contribution is 0.0954. The van der Waals surface area contributed by atoms with Crippen molar-refractivity contribution in [2.75, 3.05) is 33.8 Å². The van der Waals surface area contributed by atoms with Gasteiger partial charge in [0, 0.05) is 49.7 Å². The zero-order valence-corrected chi connectivity index (χ0v) is 16.9. The van der Waals surface area contributed by atoms with E-state index >= 15 is 0 Å². The minimum atomic E-state index is -0.130. The molecular formula is C19H27N5O2S. The number of aromatic nitrogens is 1. The highest BCUT2D eigenvalue weighted by Gasteiger charge is 2.06. The number of hydrogen-bond donors (Lipinski definition) is 3. The van der Waals surface area contributed by atoms with Gasteiger partial charge in [0.1, 0.15) is 5.75 Å². The maximum absolute atomic E-state index is 12.1. The van der Waals surface area contributed by atoms with Crippen LogP contribution in [0.4, 0.5) is 0 Å². The Hall–Kier alpha value is -2.61. The predicted octanol–water partition coefficient (Wildman–Crippen LogP) is 1.85. The van der Waals surface area contributed by atoms with Crippen LogP contribution in [0.2, 0.25) is 0 Å². The zero-order chi connectivity index (χ0) is 19.5. The summed E-state index contributed by atoms with van der Waals surface area (Å²) < 4.78 is 5.13. The molecule has 1 aromatic carbocycles. The Labute approximate surface area is 164 Å². The Morgan fingerprint density at radius 1 is 1.22 bits per heavy atom. The fourth-order valence-electron chi connectivity index (χ4n) is 2.36. The standard InChI is InChI=1S/C19H27N5O2S/c1-4-16-13-24-17(27-16)8-9-22-19(20-2)23-11-10-21-18(25)14-6-5-7-15(12-14)26-3/h5-7,12-13H,4,8-11H2,1-3H3,(H,21,25)(H2,20,22,23). The van der Waals surface area contributed by atoms with Crippen LogP contribution in [0.15, 0.2) is 35.5 Å². The lowest BCUT2D eigenvalue weighted by atomic mass is 10.2. The number of carbonyl (C=O) groups is 1. The van der Waals surface area contributed by atoms with Crippen molar-refractivity contribution in [3.63, 3.8) is 0 Å². The molecular weight excluding hydrogens is 362 g/mol. The fraction of sp³-hybridized carbons (Fsp3) is 0.421. The monoisotopic (exact) mass is 389 g/mol. The van der Waals surface area contributed by atoms with Crippen LogP contribution >= 0.6 is 11.3 Å². The van der Waals surface area contributed by atoms with Gasteiger partial charge in [-0.15, -0.1) is 11.3 Å². The fourth-order valence-corrected chi connectivity index (χ4v) is 3.22. The average molecular weight is 390 g/mol. The van der Waals surface area contributed by atoms with E-state index in [9.17, 15) is 4.79 Å². The van der Waals surface area contributed by atoms with Crippen molar-refractivity contribution in [1.29, 1.82) is 0 Å². The minimum absolute atomic E-state index is 0.130. The number of amides is 1. The molecule has 0 radical (unpaired) electrons. The zero-order valence-electron chi connectivity index (χ0n) is 16.0. The third kappa shape index (κ3) is 6.90. The van der Waals surface area contributed by atoms with Gasteiger partial charge in [-0.2, -0.15) is 0 Å². The Kier molecular flexibility index (Phi) is 8.57. The lowest BCUT2D eigenvalue weighted by Crippen LogP contribution is -2.42. The molecule has 0 spiro atoms. The SMILES string of the molecule is CCc1cnc(CCNC(=NC)NCCNC(=O)c2cccc(OC)c2)s1. The van der Waals surface area contributed by atoms with Gasteiger partial charge in [-0.25, -0.2) is 4.98 Å². The minimum Gasteiger partial charge on any atom is -0.497 e. The molecule has 0 aliphatic heterocycles. The molecule has 8 heteroatoms. The second-order valence-electron chi connectivity index (χ2n) is 5.74. The van der Waals surface area contributed by atoms with E-state index in [1.54, 1.807) is 43.7 Å². The number of aryl methyl sites for hydroxylation is 1. The largest absolute Gasteiger partial charge is 0.497 e. The molecule has 0 fully saturated rings. The highest BCUT2D eigenvalue weighted by Crippen LogP contribution is 2.13. The van der Waals surface area contributed by atoms with Crippen molar-refractivity contribution < 1.29 is 9.53 Å². The van der Waals surface area contributed by atoms with Crippen LogP contribution in [0.1, 0.15) is 27.2 Å². The number of aliphatic imine (C=N–C) groups is 1. The number of hydrogen-bond acceptors (Lipinski definition) is 5. The third-order valence-corrected chi connectivity index (χ3v) is 5.04. The number of nitrogens with one attached hydrogen (secondary N) is 3. The maximum Gasteiger partial charge on any atom is 0.251 e. The van der Waals surface area contributed by atoms with E-state index in [0.717, 1.165) is 24.4 Å². The van der Waals surface area contributed by atoms with E-state index < -0.39 is 0 Å². The van der Waals surface area contributed by atoms with Crippen molar-refractivity contribution in [2.45, 2.75) is 19.8 Å². The molecule has 3 N–H and O–H groups in total. The molecule has 0 aliphatic rings. The van der Waals surface area contributed by atoms with Crippen molar-refractivity contribution >= 4 is 23.2 Å². The molecule has 1 aromatic heterocycles. The molecule has 2 aromatic rings. The van der Waals surface area contributed by atoms with Gasteiger partial charge in [-0.3, -0.25) is 9.79 Å². The van der Waals surface area contributed by atoms with Gasteiger partial charge in [0.05, 0.1) is 12.1 Å². The number of benzene rings is 1. The molecule has 1 amide bonds. The summed E-state index contributed by atoms with van der Waals surface area (Å²) in [5.74, 6) is 1.24. The lowest BCUT2D eigenvalue weighted by Gasteiger charge is -2.12. The normalized spacial score (nSPS) is 11.1. The van der Waals surface area contributed by atoms with Crippen molar-refractivity contribution in [3.05, 3.63) is 45.9 Å². The molecule has 2 rings (SSSR count). The van der Waals surface area contributed by atoms with Crippen LogP contribution in [0.5, 0.6) is 5.75 Å². The van der Waals surface area contributed by atoms with Gasteiger partial charge in [0.15, 0.2) is 5.96 Å². The summed E-state index contributed by atoms with van der Waals surface area (Å²) in [4.78, 5) is 22.0. The molecule has 1 heterocycles. The van der Waals surface area contributed by atoms with Gasteiger partial charge in [-0.1, -0.05) is 13.0 Å². The molecule has 0 saturated heterocycles. The summed E-state index contributed by atoms with van der Waals surface area (Å²) in [6, 6.07) is 7.08. The number of thiazole rings is 1. The highest BCUT2D eigenvalue weighted by atomic mass is 32.1. The number of methoxy groups -OCH3 is 1. The van der Waals surface area contributed by atoms with Crippen LogP contribution in [0.25, 0.3) is 0 Å². The van der Waals surface area contributed by atoms with Gasteiger partial charge in [0.2, 0.25) is 0 Å². The number of ether oxygens (including phenoxy) is 1. The second kappa shape index (κ2) is 11.2. The highest BCUT2D eigenvalue weighted by molar-refractivity contribution is 7.11. The molecule has 146 valence electrons.